The third-order valence-electron chi connectivity index (χ3n) is 2.44. The Hall–Kier alpha value is -1.84. The zero-order valence-electron chi connectivity index (χ0n) is 10.7. The van der Waals surface area contributed by atoms with Crippen LogP contribution in [0, 0.1) is 0 Å². The van der Waals surface area contributed by atoms with E-state index in [0.717, 1.165) is 22.9 Å². The van der Waals surface area contributed by atoms with E-state index in [9.17, 15) is 0 Å². The molecule has 0 aliphatic heterocycles. The second-order valence-electron chi connectivity index (χ2n) is 3.66. The van der Waals surface area contributed by atoms with Crippen molar-refractivity contribution >= 4 is 25.9 Å². The average Bonchev–Trinajstić information content (AvgIpc) is 2.49. The fraction of sp³-hybridized carbons (Fsp3) is 0.143. The van der Waals surface area contributed by atoms with E-state index >= 15 is 0 Å². The van der Waals surface area contributed by atoms with Gasteiger partial charge in [0.15, 0.2) is 0 Å². The van der Waals surface area contributed by atoms with Gasteiger partial charge < -0.3 is 0 Å². The molecular weight excluding hydrogens is 307 g/mol. The fourth-order valence-corrected chi connectivity index (χ4v) is 2.39. The van der Waals surface area contributed by atoms with Crippen molar-refractivity contribution in [2.24, 2.45) is 7.92 Å². The first-order valence-corrected chi connectivity index (χ1v) is 7.21. The summed E-state index contributed by atoms with van der Waals surface area (Å²) in [5.74, 6) is 1.66. The Kier molecular flexibility index (Phi) is 4.95. The van der Waals surface area contributed by atoms with Gasteiger partial charge in [-0.15, -0.1) is 0 Å². The van der Waals surface area contributed by atoms with Crippen LogP contribution in [0.4, 0.5) is 11.4 Å². The van der Waals surface area contributed by atoms with Gasteiger partial charge in [-0.1, -0.05) is 0 Å². The number of hydrogen-bond acceptors (Lipinski definition) is 4. The molecule has 2 rings (SSSR count). The Morgan fingerprint density at radius 1 is 0.684 bits per heavy atom. The number of nitrogens with zero attached hydrogens (tertiary/aromatic N) is 2. The third-order valence-corrected chi connectivity index (χ3v) is 3.66. The van der Waals surface area contributed by atoms with Crippen LogP contribution in [0.1, 0.15) is 0 Å². The second kappa shape index (κ2) is 6.92. The summed E-state index contributed by atoms with van der Waals surface area (Å²) >= 11 is -0.164. The second-order valence-corrected chi connectivity index (χ2v) is 4.77. The van der Waals surface area contributed by atoms with Crippen molar-refractivity contribution < 1.29 is 9.47 Å². The summed E-state index contributed by atoms with van der Waals surface area (Å²) in [5, 5.41) is 0. The first-order valence-electron chi connectivity index (χ1n) is 5.68. The predicted octanol–water partition coefficient (Wildman–Crippen LogP) is 3.74. The van der Waals surface area contributed by atoms with Gasteiger partial charge in [-0.3, -0.25) is 0 Å². The molecule has 19 heavy (non-hydrogen) atoms. The molecule has 98 valence electrons. The first kappa shape index (κ1) is 13.6. The molecule has 2 aromatic carbocycles. The summed E-state index contributed by atoms with van der Waals surface area (Å²) in [6.07, 6.45) is 0. The standard InChI is InChI=1S/C14H14N2O2Se/c1-17-13-7-3-11(4-8-13)15-19-16-12-5-9-14(18-2)10-6-12/h3-10H,1-2H3. The molecule has 0 saturated heterocycles. The summed E-state index contributed by atoms with van der Waals surface area (Å²) in [7, 11) is 3.30. The quantitative estimate of drug-likeness (QED) is 0.805. The van der Waals surface area contributed by atoms with Crippen molar-refractivity contribution in [1.82, 2.24) is 0 Å². The molecule has 0 saturated carbocycles. The summed E-state index contributed by atoms with van der Waals surface area (Å²) in [6, 6.07) is 15.2. The fourth-order valence-electron chi connectivity index (χ4n) is 1.40. The Labute approximate surface area is 118 Å². The number of hydrogen-bond donors (Lipinski definition) is 0. The van der Waals surface area contributed by atoms with E-state index in [1.807, 2.05) is 48.5 Å². The molecule has 0 N–H and O–H groups in total. The average molecular weight is 321 g/mol. The first-order chi connectivity index (χ1) is 9.31. The third kappa shape index (κ3) is 4.09. The molecule has 0 fully saturated rings. The molecular formula is C14H14N2O2Se. The van der Waals surface area contributed by atoms with Gasteiger partial charge in [0.05, 0.1) is 0 Å². The van der Waals surface area contributed by atoms with Gasteiger partial charge in [0.25, 0.3) is 0 Å². The van der Waals surface area contributed by atoms with Crippen molar-refractivity contribution in [2.75, 3.05) is 14.2 Å². The van der Waals surface area contributed by atoms with Gasteiger partial charge in [0.1, 0.15) is 0 Å². The predicted molar refractivity (Wildman–Crippen MR) is 75.9 cm³/mol. The molecule has 0 amide bonds. The van der Waals surface area contributed by atoms with E-state index < -0.39 is 0 Å². The normalized spacial score (nSPS) is 9.58. The van der Waals surface area contributed by atoms with Crippen LogP contribution in [0.25, 0.3) is 0 Å². The minimum absolute atomic E-state index is 0.164. The van der Waals surface area contributed by atoms with Gasteiger partial charge in [0, 0.05) is 0 Å². The van der Waals surface area contributed by atoms with Crippen LogP contribution in [0.3, 0.4) is 0 Å². The molecule has 5 heteroatoms. The van der Waals surface area contributed by atoms with Crippen LogP contribution in [-0.4, -0.2) is 28.8 Å². The number of benzene rings is 2. The number of rotatable bonds is 4. The SMILES string of the molecule is COc1ccc(N=[Se]=Nc2ccc(OC)cc2)cc1. The van der Waals surface area contributed by atoms with Crippen LogP contribution in [0.15, 0.2) is 56.5 Å². The van der Waals surface area contributed by atoms with Gasteiger partial charge in [-0.2, -0.15) is 0 Å². The molecule has 0 heterocycles. The van der Waals surface area contributed by atoms with Gasteiger partial charge in [0.2, 0.25) is 0 Å². The van der Waals surface area contributed by atoms with Crippen molar-refractivity contribution in [3.05, 3.63) is 48.5 Å². The summed E-state index contributed by atoms with van der Waals surface area (Å²) in [6.45, 7) is 0. The van der Waals surface area contributed by atoms with Crippen LogP contribution in [-0.2, 0) is 0 Å². The van der Waals surface area contributed by atoms with Crippen LogP contribution in [0.5, 0.6) is 11.5 Å². The van der Waals surface area contributed by atoms with Crippen molar-refractivity contribution in [2.45, 2.75) is 0 Å². The molecule has 2 aromatic rings. The zero-order valence-corrected chi connectivity index (χ0v) is 12.5. The molecule has 0 aliphatic rings. The topological polar surface area (TPSA) is 43.2 Å². The molecule has 0 aromatic heterocycles. The Morgan fingerprint density at radius 2 is 1.05 bits per heavy atom. The number of methoxy groups -OCH3 is 2. The van der Waals surface area contributed by atoms with Crippen LogP contribution < -0.4 is 9.47 Å². The minimum atomic E-state index is -0.164. The van der Waals surface area contributed by atoms with Gasteiger partial charge in [-0.05, 0) is 0 Å². The van der Waals surface area contributed by atoms with Crippen LogP contribution in [0.2, 0.25) is 0 Å². The van der Waals surface area contributed by atoms with Gasteiger partial charge >= 0.3 is 118 Å². The molecule has 0 atom stereocenters. The monoisotopic (exact) mass is 322 g/mol. The summed E-state index contributed by atoms with van der Waals surface area (Å²) < 4.78 is 19.0. The Morgan fingerprint density at radius 3 is 1.37 bits per heavy atom. The van der Waals surface area contributed by atoms with Crippen molar-refractivity contribution in [3.63, 3.8) is 0 Å². The van der Waals surface area contributed by atoms with Crippen molar-refractivity contribution in [1.29, 1.82) is 0 Å². The summed E-state index contributed by atoms with van der Waals surface area (Å²) in [4.78, 5) is 0. The van der Waals surface area contributed by atoms with E-state index in [4.69, 9.17) is 9.47 Å². The van der Waals surface area contributed by atoms with E-state index in [0.29, 0.717) is 0 Å². The molecule has 0 bridgehead atoms. The molecule has 0 aliphatic carbocycles. The molecule has 4 nitrogen and oxygen atoms in total. The Balaban J connectivity index is 2.09. The molecule has 0 spiro atoms. The van der Waals surface area contributed by atoms with Gasteiger partial charge in [-0.25, -0.2) is 0 Å². The van der Waals surface area contributed by atoms with E-state index in [1.54, 1.807) is 14.2 Å². The zero-order chi connectivity index (χ0) is 13.5. The van der Waals surface area contributed by atoms with E-state index in [-0.39, 0.29) is 14.6 Å². The van der Waals surface area contributed by atoms with E-state index in [2.05, 4.69) is 7.92 Å². The maximum absolute atomic E-state index is 5.09. The summed E-state index contributed by atoms with van der Waals surface area (Å²) in [5.41, 5.74) is 1.83. The van der Waals surface area contributed by atoms with Crippen molar-refractivity contribution in [3.8, 4) is 11.5 Å². The van der Waals surface area contributed by atoms with Crippen LogP contribution >= 0.6 is 0 Å². The maximum atomic E-state index is 5.09. The van der Waals surface area contributed by atoms with E-state index in [1.165, 1.54) is 0 Å². The molecule has 0 radical (unpaired) electrons. The molecule has 0 unspecified atom stereocenters. The Bertz CT molecular complexity index is 536. The number of ether oxygens (including phenoxy) is 2.